The number of aromatic nitrogens is 2. The minimum Gasteiger partial charge on any atom is -0.401 e. The Labute approximate surface area is 254 Å². The molecule has 4 heteroatoms. The predicted molar refractivity (Wildman–Crippen MR) is 179 cm³/mol. The van der Waals surface area contributed by atoms with Gasteiger partial charge in [0, 0.05) is 34.4 Å². The van der Waals surface area contributed by atoms with E-state index < -0.39 is 5.41 Å². The van der Waals surface area contributed by atoms with Crippen LogP contribution < -0.4 is 5.73 Å². The minimum absolute atomic E-state index is 0.00714. The van der Waals surface area contributed by atoms with Crippen molar-refractivity contribution in [3.8, 4) is 27.9 Å². The first-order chi connectivity index (χ1) is 20.5. The summed E-state index contributed by atoms with van der Waals surface area (Å²) in [5, 5.41) is 4.98. The van der Waals surface area contributed by atoms with Gasteiger partial charge in [-0.05, 0) is 94.8 Å². The summed E-state index contributed by atoms with van der Waals surface area (Å²) >= 11 is 0. The van der Waals surface area contributed by atoms with Gasteiger partial charge in [0.25, 0.3) is 0 Å². The average Bonchev–Trinajstić information content (AvgIpc) is 3.65. The smallest absolute Gasteiger partial charge is 0.0743 e. The SMILES string of the molecule is CC(C)(C(N)=CC=Nc1ccc2c(c1)-c1ccccc1C2(C)C)c1ccn(-c2ccc3c(c2)-c2ccccc2C3(C)C)n1. The Balaban J connectivity index is 1.13. The molecule has 0 saturated carbocycles. The highest BCUT2D eigenvalue weighted by molar-refractivity contribution is 5.84. The summed E-state index contributed by atoms with van der Waals surface area (Å²) in [7, 11) is 0. The van der Waals surface area contributed by atoms with Crippen LogP contribution in [0.3, 0.4) is 0 Å². The Kier molecular flexibility index (Phi) is 5.94. The molecule has 0 amide bonds. The summed E-state index contributed by atoms with van der Waals surface area (Å²) in [6.45, 7) is 13.4. The van der Waals surface area contributed by atoms with Gasteiger partial charge >= 0.3 is 0 Å². The molecule has 2 aliphatic rings. The van der Waals surface area contributed by atoms with Gasteiger partial charge in [-0.1, -0.05) is 88.4 Å². The predicted octanol–water partition coefficient (Wildman–Crippen LogP) is 9.01. The zero-order valence-corrected chi connectivity index (χ0v) is 25.8. The van der Waals surface area contributed by atoms with Gasteiger partial charge < -0.3 is 5.73 Å². The third-order valence-corrected chi connectivity index (χ3v) is 9.83. The van der Waals surface area contributed by atoms with E-state index in [0.717, 1.165) is 17.1 Å². The van der Waals surface area contributed by atoms with E-state index >= 15 is 0 Å². The zero-order valence-electron chi connectivity index (χ0n) is 25.8. The Morgan fingerprint density at radius 3 is 1.93 bits per heavy atom. The van der Waals surface area contributed by atoms with Gasteiger partial charge in [0.15, 0.2) is 0 Å². The van der Waals surface area contributed by atoms with Crippen LogP contribution in [0.25, 0.3) is 27.9 Å². The van der Waals surface area contributed by atoms with E-state index in [9.17, 15) is 0 Å². The third kappa shape index (κ3) is 4.11. The van der Waals surface area contributed by atoms with Crippen LogP contribution in [0, 0.1) is 0 Å². The van der Waals surface area contributed by atoms with Gasteiger partial charge in [0.2, 0.25) is 0 Å². The van der Waals surface area contributed by atoms with Crippen LogP contribution in [0.2, 0.25) is 0 Å². The van der Waals surface area contributed by atoms with Crippen molar-refractivity contribution >= 4 is 11.9 Å². The molecule has 0 aliphatic heterocycles. The Bertz CT molecular complexity index is 1970. The molecule has 4 aromatic carbocycles. The second-order valence-electron chi connectivity index (χ2n) is 13.5. The van der Waals surface area contributed by atoms with Gasteiger partial charge in [-0.15, -0.1) is 0 Å². The summed E-state index contributed by atoms with van der Waals surface area (Å²) in [5.74, 6) is 0. The van der Waals surface area contributed by atoms with E-state index in [-0.39, 0.29) is 10.8 Å². The normalized spacial score (nSPS) is 16.2. The lowest BCUT2D eigenvalue weighted by molar-refractivity contribution is 0.584. The second kappa shape index (κ2) is 9.40. The van der Waals surface area contributed by atoms with E-state index in [1.807, 2.05) is 23.2 Å². The maximum absolute atomic E-state index is 6.66. The summed E-state index contributed by atoms with van der Waals surface area (Å²) in [6, 6.07) is 32.6. The van der Waals surface area contributed by atoms with Crippen LogP contribution >= 0.6 is 0 Å². The number of fused-ring (bicyclic) bond motifs is 6. The van der Waals surface area contributed by atoms with Crippen molar-refractivity contribution in [2.45, 2.75) is 57.8 Å². The molecule has 0 fully saturated rings. The number of hydrogen-bond donors (Lipinski definition) is 1. The quantitative estimate of drug-likeness (QED) is 0.217. The van der Waals surface area contributed by atoms with Crippen molar-refractivity contribution < 1.29 is 0 Å². The van der Waals surface area contributed by atoms with E-state index in [4.69, 9.17) is 15.8 Å². The molecule has 2 N–H and O–H groups in total. The summed E-state index contributed by atoms with van der Waals surface area (Å²) in [5.41, 5.74) is 20.3. The molecule has 1 heterocycles. The molecule has 0 saturated heterocycles. The molecule has 0 bridgehead atoms. The van der Waals surface area contributed by atoms with Gasteiger partial charge in [0.1, 0.15) is 0 Å². The first-order valence-electron chi connectivity index (χ1n) is 15.1. The van der Waals surface area contributed by atoms with Crippen LogP contribution in [0.4, 0.5) is 5.69 Å². The average molecular weight is 563 g/mol. The van der Waals surface area contributed by atoms with Gasteiger partial charge in [-0.3, -0.25) is 4.99 Å². The van der Waals surface area contributed by atoms with E-state index in [1.54, 1.807) is 0 Å². The first-order valence-corrected chi connectivity index (χ1v) is 15.1. The maximum Gasteiger partial charge on any atom is 0.0743 e. The molecule has 7 rings (SSSR count). The van der Waals surface area contributed by atoms with Crippen LogP contribution in [0.5, 0.6) is 0 Å². The highest BCUT2D eigenvalue weighted by Crippen LogP contribution is 2.50. The fraction of sp³-hybridized carbons (Fsp3) is 0.231. The molecule has 2 aliphatic carbocycles. The van der Waals surface area contributed by atoms with E-state index in [2.05, 4.69) is 133 Å². The van der Waals surface area contributed by atoms with Crippen molar-refractivity contribution in [1.82, 2.24) is 9.78 Å². The van der Waals surface area contributed by atoms with Crippen LogP contribution in [0.15, 0.2) is 114 Å². The number of hydrogen-bond acceptors (Lipinski definition) is 3. The lowest BCUT2D eigenvalue weighted by Crippen LogP contribution is -2.26. The maximum atomic E-state index is 6.66. The number of allylic oxidation sites excluding steroid dienone is 2. The summed E-state index contributed by atoms with van der Waals surface area (Å²) in [4.78, 5) is 4.76. The largest absolute Gasteiger partial charge is 0.401 e. The summed E-state index contributed by atoms with van der Waals surface area (Å²) < 4.78 is 1.95. The molecular formula is C39H38N4. The molecule has 0 spiro atoms. The van der Waals surface area contributed by atoms with Crippen molar-refractivity contribution in [3.05, 3.63) is 137 Å². The third-order valence-electron chi connectivity index (χ3n) is 9.83. The Hall–Kier alpha value is -4.70. The number of aliphatic imine (C=N–C) groups is 1. The summed E-state index contributed by atoms with van der Waals surface area (Å²) in [6.07, 6.45) is 5.73. The molecule has 4 nitrogen and oxygen atoms in total. The number of nitrogens with two attached hydrogens (primary N) is 1. The van der Waals surface area contributed by atoms with Gasteiger partial charge in [-0.2, -0.15) is 5.10 Å². The van der Waals surface area contributed by atoms with Crippen LogP contribution in [-0.2, 0) is 16.2 Å². The van der Waals surface area contributed by atoms with Crippen molar-refractivity contribution in [2.75, 3.05) is 0 Å². The topological polar surface area (TPSA) is 56.2 Å². The van der Waals surface area contributed by atoms with E-state index in [1.165, 1.54) is 44.5 Å². The number of nitrogens with zero attached hydrogens (tertiary/aromatic N) is 3. The molecule has 214 valence electrons. The minimum atomic E-state index is -0.469. The van der Waals surface area contributed by atoms with Crippen molar-refractivity contribution in [3.63, 3.8) is 0 Å². The Morgan fingerprint density at radius 2 is 1.28 bits per heavy atom. The molecule has 0 atom stereocenters. The zero-order chi connectivity index (χ0) is 30.1. The standard InChI is InChI=1S/C39H38N4/c1-37(2)31-13-9-7-11-27(31)29-23-25(15-17-33(29)37)41-21-19-35(40)39(5,6)36-20-22-43(42-36)26-16-18-34-30(24-26)28-12-8-10-14-32(28)38(34,3)4/h7-24H,40H2,1-6H3. The molecule has 43 heavy (non-hydrogen) atoms. The lowest BCUT2D eigenvalue weighted by Gasteiger charge is -2.23. The van der Waals surface area contributed by atoms with Gasteiger partial charge in [-0.25, -0.2) is 4.68 Å². The van der Waals surface area contributed by atoms with Crippen LogP contribution in [0.1, 0.15) is 69.5 Å². The number of rotatable bonds is 5. The first kappa shape index (κ1) is 27.2. The van der Waals surface area contributed by atoms with Crippen molar-refractivity contribution in [1.29, 1.82) is 0 Å². The molecule has 5 aromatic rings. The highest BCUT2D eigenvalue weighted by atomic mass is 15.3. The molecular weight excluding hydrogens is 524 g/mol. The van der Waals surface area contributed by atoms with Crippen molar-refractivity contribution in [2.24, 2.45) is 10.7 Å². The van der Waals surface area contributed by atoms with Gasteiger partial charge in [0.05, 0.1) is 17.1 Å². The molecule has 0 unspecified atom stereocenters. The fourth-order valence-corrected chi connectivity index (χ4v) is 7.00. The fourth-order valence-electron chi connectivity index (χ4n) is 7.00. The van der Waals surface area contributed by atoms with Crippen LogP contribution in [-0.4, -0.2) is 16.0 Å². The second-order valence-corrected chi connectivity index (χ2v) is 13.5. The monoisotopic (exact) mass is 562 g/mol. The Morgan fingerprint density at radius 1 is 0.721 bits per heavy atom. The highest BCUT2D eigenvalue weighted by Gasteiger charge is 2.36. The molecule has 1 aromatic heterocycles. The lowest BCUT2D eigenvalue weighted by atomic mass is 9.82. The molecule has 0 radical (unpaired) electrons. The number of benzene rings is 4. The van der Waals surface area contributed by atoms with E-state index in [0.29, 0.717) is 5.70 Å².